The third-order valence-electron chi connectivity index (χ3n) is 6.96. The molecule has 1 amide bonds. The highest BCUT2D eigenvalue weighted by molar-refractivity contribution is 5.94. The first-order valence-corrected chi connectivity index (χ1v) is 13.1. The van der Waals surface area contributed by atoms with Crippen molar-refractivity contribution in [1.29, 1.82) is 0 Å². The third-order valence-corrected chi connectivity index (χ3v) is 6.96. The van der Waals surface area contributed by atoms with Gasteiger partial charge >= 0.3 is 0 Å². The average Bonchev–Trinajstić information content (AvgIpc) is 3.43. The van der Waals surface area contributed by atoms with Crippen LogP contribution in [0.5, 0.6) is 11.5 Å². The second kappa shape index (κ2) is 11.1. The Morgan fingerprint density at radius 2 is 1.95 bits per heavy atom. The van der Waals surface area contributed by atoms with Gasteiger partial charge in [0.05, 0.1) is 18.3 Å². The molecule has 194 valence electrons. The summed E-state index contributed by atoms with van der Waals surface area (Å²) in [6.45, 7) is 2.52. The summed E-state index contributed by atoms with van der Waals surface area (Å²) in [4.78, 5) is 19.6. The van der Waals surface area contributed by atoms with Crippen LogP contribution in [0.4, 0.5) is 0 Å². The lowest BCUT2D eigenvalue weighted by atomic mass is 10.0. The fourth-order valence-corrected chi connectivity index (χ4v) is 4.95. The van der Waals surface area contributed by atoms with Gasteiger partial charge in [-0.25, -0.2) is 4.68 Å². The van der Waals surface area contributed by atoms with Crippen LogP contribution in [0.15, 0.2) is 79.4 Å². The summed E-state index contributed by atoms with van der Waals surface area (Å²) in [5.74, 6) is 1.32. The van der Waals surface area contributed by atoms with Crippen molar-refractivity contribution >= 4 is 5.91 Å². The highest BCUT2D eigenvalue weighted by Crippen LogP contribution is 2.39. The summed E-state index contributed by atoms with van der Waals surface area (Å²) < 4.78 is 20.2. The number of fused-ring (bicyclic) bond motifs is 1. The van der Waals surface area contributed by atoms with Crippen LogP contribution < -0.4 is 9.47 Å². The van der Waals surface area contributed by atoms with E-state index in [2.05, 4.69) is 16.1 Å². The molecule has 0 aliphatic carbocycles. The first-order valence-electron chi connectivity index (χ1n) is 13.1. The maximum atomic E-state index is 13.5. The number of aromatic nitrogens is 3. The van der Waals surface area contributed by atoms with Crippen LogP contribution in [0, 0.1) is 0 Å². The number of ether oxygens (including phenoxy) is 3. The van der Waals surface area contributed by atoms with E-state index >= 15 is 0 Å². The predicted octanol–water partition coefficient (Wildman–Crippen LogP) is 4.92. The first-order chi connectivity index (χ1) is 18.7. The molecule has 0 bridgehead atoms. The quantitative estimate of drug-likeness (QED) is 0.367. The van der Waals surface area contributed by atoms with Crippen molar-refractivity contribution in [1.82, 2.24) is 19.7 Å². The van der Waals surface area contributed by atoms with Crippen molar-refractivity contribution in [2.45, 2.75) is 31.9 Å². The topological polar surface area (TPSA) is 78.7 Å². The Hall–Kier alpha value is -4.17. The molecule has 1 saturated heterocycles. The van der Waals surface area contributed by atoms with Crippen LogP contribution in [0.25, 0.3) is 16.8 Å². The number of carbonyl (C=O) groups is 1. The maximum absolute atomic E-state index is 13.5. The minimum atomic E-state index is -0.0432. The van der Waals surface area contributed by atoms with Gasteiger partial charge in [-0.05, 0) is 73.4 Å². The smallest absolute Gasteiger partial charge is 0.254 e. The molecule has 8 heteroatoms. The lowest BCUT2D eigenvalue weighted by Crippen LogP contribution is -2.32. The molecule has 1 atom stereocenters. The van der Waals surface area contributed by atoms with E-state index in [1.54, 1.807) is 17.1 Å². The van der Waals surface area contributed by atoms with Crippen molar-refractivity contribution < 1.29 is 19.0 Å². The lowest BCUT2D eigenvalue weighted by Gasteiger charge is -2.24. The molecule has 0 N–H and O–H groups in total. The zero-order valence-electron chi connectivity index (χ0n) is 21.2. The zero-order valence-corrected chi connectivity index (χ0v) is 21.2. The van der Waals surface area contributed by atoms with E-state index in [0.717, 1.165) is 48.2 Å². The van der Waals surface area contributed by atoms with Gasteiger partial charge in [-0.1, -0.05) is 6.07 Å². The van der Waals surface area contributed by atoms with Gasteiger partial charge < -0.3 is 19.1 Å². The van der Waals surface area contributed by atoms with E-state index in [4.69, 9.17) is 14.2 Å². The van der Waals surface area contributed by atoms with E-state index in [9.17, 15) is 4.79 Å². The monoisotopic (exact) mass is 510 g/mol. The maximum Gasteiger partial charge on any atom is 0.254 e. The fraction of sp³-hybridized carbons (Fsp3) is 0.300. The number of hydrogen-bond donors (Lipinski definition) is 0. The lowest BCUT2D eigenvalue weighted by molar-refractivity contribution is -0.0115. The number of amides is 1. The molecule has 2 aliphatic rings. The summed E-state index contributed by atoms with van der Waals surface area (Å²) in [7, 11) is 0. The number of carbonyl (C=O) groups excluding carboxylic acids is 1. The van der Waals surface area contributed by atoms with E-state index < -0.39 is 0 Å². The second-order valence-electron chi connectivity index (χ2n) is 9.58. The standard InChI is InChI=1S/C30H30N4O4/c35-30(22-7-9-26(10-8-22)34-13-4-12-32-34)33-14-16-37-29-25(20-33)17-24(23-5-3-11-31-19-23)18-28(29)38-21-27-6-1-2-15-36-27/h3-5,7-13,17-19,27H,1-2,6,14-16,20-21H2. The van der Waals surface area contributed by atoms with Gasteiger partial charge in [-0.15, -0.1) is 0 Å². The van der Waals surface area contributed by atoms with Gasteiger partial charge in [0, 0.05) is 54.6 Å². The highest BCUT2D eigenvalue weighted by atomic mass is 16.5. The van der Waals surface area contributed by atoms with Crippen LogP contribution >= 0.6 is 0 Å². The van der Waals surface area contributed by atoms with Crippen LogP contribution in [-0.2, 0) is 11.3 Å². The van der Waals surface area contributed by atoms with Crippen LogP contribution in [0.3, 0.4) is 0 Å². The Morgan fingerprint density at radius 1 is 1.03 bits per heavy atom. The second-order valence-corrected chi connectivity index (χ2v) is 9.58. The van der Waals surface area contributed by atoms with Crippen LogP contribution in [-0.4, -0.2) is 58.0 Å². The van der Waals surface area contributed by atoms with E-state index in [0.29, 0.717) is 43.4 Å². The number of nitrogens with zero attached hydrogens (tertiary/aromatic N) is 4. The van der Waals surface area contributed by atoms with E-state index in [1.807, 2.05) is 65.8 Å². The summed E-state index contributed by atoms with van der Waals surface area (Å²) in [6, 6.07) is 17.4. The first kappa shape index (κ1) is 24.2. The molecule has 4 aromatic rings. The Labute approximate surface area is 221 Å². The summed E-state index contributed by atoms with van der Waals surface area (Å²) in [6.07, 6.45) is 10.5. The molecule has 0 spiro atoms. The van der Waals surface area contributed by atoms with Gasteiger partial charge in [0.25, 0.3) is 5.91 Å². The molecule has 1 unspecified atom stereocenters. The molecular formula is C30H30N4O4. The van der Waals surface area contributed by atoms with E-state index in [1.165, 1.54) is 0 Å². The van der Waals surface area contributed by atoms with Gasteiger partial charge in [0.2, 0.25) is 0 Å². The largest absolute Gasteiger partial charge is 0.487 e. The number of hydrogen-bond acceptors (Lipinski definition) is 6. The van der Waals surface area contributed by atoms with Crippen LogP contribution in [0.1, 0.15) is 35.2 Å². The van der Waals surface area contributed by atoms with Gasteiger partial charge in [0.15, 0.2) is 11.5 Å². The molecule has 2 aromatic carbocycles. The van der Waals surface area contributed by atoms with Crippen molar-refractivity contribution in [3.8, 4) is 28.3 Å². The molecule has 2 aromatic heterocycles. The summed E-state index contributed by atoms with van der Waals surface area (Å²) in [5, 5.41) is 4.26. The molecule has 0 saturated carbocycles. The molecule has 2 aliphatic heterocycles. The number of rotatable bonds is 6. The fourth-order valence-electron chi connectivity index (χ4n) is 4.95. The third kappa shape index (κ3) is 5.26. The van der Waals surface area contributed by atoms with Crippen molar-refractivity contribution in [2.75, 3.05) is 26.4 Å². The van der Waals surface area contributed by atoms with Gasteiger partial charge in [-0.2, -0.15) is 5.10 Å². The molecule has 4 heterocycles. The van der Waals surface area contributed by atoms with Crippen molar-refractivity contribution in [2.24, 2.45) is 0 Å². The normalized spacial score (nSPS) is 17.3. The van der Waals surface area contributed by atoms with Crippen molar-refractivity contribution in [3.05, 3.63) is 90.5 Å². The molecule has 1 fully saturated rings. The van der Waals surface area contributed by atoms with Crippen LogP contribution in [0.2, 0.25) is 0 Å². The highest BCUT2D eigenvalue weighted by Gasteiger charge is 2.25. The molecule has 38 heavy (non-hydrogen) atoms. The Morgan fingerprint density at radius 3 is 2.71 bits per heavy atom. The predicted molar refractivity (Wildman–Crippen MR) is 143 cm³/mol. The zero-order chi connectivity index (χ0) is 25.7. The SMILES string of the molecule is O=C(c1ccc(-n2cccn2)cc1)N1CCOc2c(cc(-c3cccnc3)cc2OCC2CCCCO2)C1. The molecule has 6 rings (SSSR count). The van der Waals surface area contributed by atoms with Crippen molar-refractivity contribution in [3.63, 3.8) is 0 Å². The minimum absolute atomic E-state index is 0.0432. The van der Waals surface area contributed by atoms with Gasteiger partial charge in [-0.3, -0.25) is 9.78 Å². The molecule has 0 radical (unpaired) electrons. The molecular weight excluding hydrogens is 480 g/mol. The van der Waals surface area contributed by atoms with E-state index in [-0.39, 0.29) is 12.0 Å². The number of pyridine rings is 1. The number of benzene rings is 2. The Kier molecular flexibility index (Phi) is 7.04. The minimum Gasteiger partial charge on any atom is -0.487 e. The Bertz CT molecular complexity index is 1370. The average molecular weight is 511 g/mol. The Balaban J connectivity index is 1.27. The summed E-state index contributed by atoms with van der Waals surface area (Å²) >= 11 is 0. The summed E-state index contributed by atoms with van der Waals surface area (Å²) in [5.41, 5.74) is 4.38. The van der Waals surface area contributed by atoms with Gasteiger partial charge in [0.1, 0.15) is 13.2 Å². The molecule has 8 nitrogen and oxygen atoms in total.